The second kappa shape index (κ2) is 6.01. The summed E-state index contributed by atoms with van der Waals surface area (Å²) in [7, 11) is 0. The number of benzene rings is 1. The van der Waals surface area contributed by atoms with Crippen LogP contribution in [0.25, 0.3) is 11.3 Å². The Kier molecular flexibility index (Phi) is 3.91. The molecule has 114 valence electrons. The summed E-state index contributed by atoms with van der Waals surface area (Å²) in [6.45, 7) is 0.763. The third-order valence-corrected chi connectivity index (χ3v) is 3.85. The molecule has 3 rings (SSSR count). The van der Waals surface area contributed by atoms with Crippen molar-refractivity contribution < 1.29 is 19.2 Å². The second-order valence-corrected chi connectivity index (χ2v) is 5.37. The van der Waals surface area contributed by atoms with Crippen LogP contribution in [0.15, 0.2) is 40.9 Å². The molecule has 1 aliphatic rings. The van der Waals surface area contributed by atoms with Crippen molar-refractivity contribution in [3.8, 4) is 11.3 Å². The van der Waals surface area contributed by atoms with Crippen molar-refractivity contribution in [2.24, 2.45) is 5.92 Å². The van der Waals surface area contributed by atoms with E-state index in [4.69, 9.17) is 9.63 Å². The molecule has 0 aliphatic carbocycles. The van der Waals surface area contributed by atoms with Crippen LogP contribution in [0.1, 0.15) is 23.4 Å². The average molecular weight is 300 g/mol. The minimum atomic E-state index is -0.861. The van der Waals surface area contributed by atoms with Crippen LogP contribution in [-0.4, -0.2) is 40.1 Å². The van der Waals surface area contributed by atoms with Gasteiger partial charge < -0.3 is 14.5 Å². The van der Waals surface area contributed by atoms with Crippen molar-refractivity contribution in [1.29, 1.82) is 0 Å². The highest BCUT2D eigenvalue weighted by molar-refractivity contribution is 5.92. The number of carbonyl (C=O) groups excluding carboxylic acids is 1. The van der Waals surface area contributed by atoms with E-state index in [1.807, 2.05) is 30.3 Å². The zero-order valence-electron chi connectivity index (χ0n) is 11.9. The molecular weight excluding hydrogens is 284 g/mol. The number of carboxylic acids is 1. The molecule has 1 amide bonds. The molecule has 0 bridgehead atoms. The average Bonchev–Trinajstić information content (AvgIpc) is 3.05. The van der Waals surface area contributed by atoms with Gasteiger partial charge in [0.25, 0.3) is 5.91 Å². The number of carbonyl (C=O) groups is 2. The highest BCUT2D eigenvalue weighted by Crippen LogP contribution is 2.22. The van der Waals surface area contributed by atoms with Crippen molar-refractivity contribution in [3.05, 3.63) is 42.2 Å². The van der Waals surface area contributed by atoms with Gasteiger partial charge in [0, 0.05) is 24.7 Å². The largest absolute Gasteiger partial charge is 0.481 e. The first-order valence-electron chi connectivity index (χ1n) is 7.19. The number of amides is 1. The van der Waals surface area contributed by atoms with Crippen LogP contribution in [-0.2, 0) is 4.79 Å². The van der Waals surface area contributed by atoms with E-state index in [2.05, 4.69) is 5.16 Å². The van der Waals surface area contributed by atoms with Gasteiger partial charge in [0.2, 0.25) is 5.76 Å². The van der Waals surface area contributed by atoms with Crippen LogP contribution in [0.4, 0.5) is 0 Å². The number of nitrogens with zero attached hydrogens (tertiary/aromatic N) is 2. The Morgan fingerprint density at radius 1 is 1.27 bits per heavy atom. The lowest BCUT2D eigenvalue weighted by Gasteiger charge is -2.29. The Balaban J connectivity index is 1.76. The van der Waals surface area contributed by atoms with Gasteiger partial charge in [0.05, 0.1) is 5.92 Å². The molecule has 22 heavy (non-hydrogen) atoms. The van der Waals surface area contributed by atoms with E-state index in [1.165, 1.54) is 4.90 Å². The Morgan fingerprint density at radius 2 is 2.05 bits per heavy atom. The normalized spacial score (nSPS) is 18.2. The van der Waals surface area contributed by atoms with E-state index in [-0.39, 0.29) is 18.2 Å². The van der Waals surface area contributed by atoms with Gasteiger partial charge in [-0.2, -0.15) is 0 Å². The maximum Gasteiger partial charge on any atom is 0.308 e. The van der Waals surface area contributed by atoms with Gasteiger partial charge in [-0.15, -0.1) is 0 Å². The molecule has 6 nitrogen and oxygen atoms in total. The van der Waals surface area contributed by atoms with Crippen LogP contribution in [0.3, 0.4) is 0 Å². The van der Waals surface area contributed by atoms with E-state index < -0.39 is 11.9 Å². The third-order valence-electron chi connectivity index (χ3n) is 3.85. The van der Waals surface area contributed by atoms with Crippen molar-refractivity contribution in [2.75, 3.05) is 13.1 Å². The van der Waals surface area contributed by atoms with Crippen LogP contribution < -0.4 is 0 Å². The number of aromatic nitrogens is 1. The molecule has 1 aromatic heterocycles. The predicted octanol–water partition coefficient (Wildman–Crippen LogP) is 2.28. The van der Waals surface area contributed by atoms with Gasteiger partial charge in [0.1, 0.15) is 5.69 Å². The molecule has 0 unspecified atom stereocenters. The summed E-state index contributed by atoms with van der Waals surface area (Å²) in [5, 5.41) is 13.0. The van der Waals surface area contributed by atoms with Gasteiger partial charge in [-0.3, -0.25) is 9.59 Å². The van der Waals surface area contributed by atoms with E-state index >= 15 is 0 Å². The number of aliphatic carboxylic acids is 1. The van der Waals surface area contributed by atoms with Gasteiger partial charge >= 0.3 is 5.97 Å². The Labute approximate surface area is 127 Å². The van der Waals surface area contributed by atoms with Crippen LogP contribution in [0.5, 0.6) is 0 Å². The summed E-state index contributed by atoms with van der Waals surface area (Å²) < 4.78 is 5.14. The van der Waals surface area contributed by atoms with Gasteiger partial charge in [-0.1, -0.05) is 35.5 Å². The molecule has 0 radical (unpaired) electrons. The molecule has 1 N–H and O–H groups in total. The number of piperidine rings is 1. The summed E-state index contributed by atoms with van der Waals surface area (Å²) in [5.41, 5.74) is 1.46. The quantitative estimate of drug-likeness (QED) is 0.940. The molecule has 1 aromatic carbocycles. The Bertz CT molecular complexity index is 680. The fraction of sp³-hybridized carbons (Fsp3) is 0.312. The molecule has 0 saturated carbocycles. The molecule has 1 fully saturated rings. The van der Waals surface area contributed by atoms with Crippen LogP contribution >= 0.6 is 0 Å². The first kappa shape index (κ1) is 14.3. The maximum atomic E-state index is 12.4. The molecule has 6 heteroatoms. The van der Waals surface area contributed by atoms with Gasteiger partial charge in [0.15, 0.2) is 0 Å². The Hall–Kier alpha value is -2.63. The molecular formula is C16H16N2O4. The zero-order chi connectivity index (χ0) is 15.5. The van der Waals surface area contributed by atoms with Crippen molar-refractivity contribution in [3.63, 3.8) is 0 Å². The summed E-state index contributed by atoms with van der Waals surface area (Å²) >= 11 is 0. The first-order valence-corrected chi connectivity index (χ1v) is 7.19. The molecule has 0 spiro atoms. The Morgan fingerprint density at radius 3 is 2.77 bits per heavy atom. The summed E-state index contributed by atoms with van der Waals surface area (Å²) in [6, 6.07) is 11.0. The highest BCUT2D eigenvalue weighted by Gasteiger charge is 2.30. The topological polar surface area (TPSA) is 83.6 Å². The fourth-order valence-electron chi connectivity index (χ4n) is 2.64. The summed E-state index contributed by atoms with van der Waals surface area (Å²) in [6.07, 6.45) is 1.28. The second-order valence-electron chi connectivity index (χ2n) is 5.37. The lowest BCUT2D eigenvalue weighted by atomic mass is 9.98. The standard InChI is InChI=1S/C16H16N2O4/c19-15(18-8-4-7-12(10-18)16(20)21)14-9-13(17-22-14)11-5-2-1-3-6-11/h1-3,5-6,9,12H,4,7-8,10H2,(H,20,21)/t12-/m1/s1. The third kappa shape index (κ3) is 2.86. The fourth-order valence-corrected chi connectivity index (χ4v) is 2.64. The zero-order valence-corrected chi connectivity index (χ0v) is 11.9. The summed E-state index contributed by atoms with van der Waals surface area (Å²) in [4.78, 5) is 25.0. The number of likely N-dealkylation sites (tertiary alicyclic amines) is 1. The van der Waals surface area contributed by atoms with E-state index in [9.17, 15) is 9.59 Å². The molecule has 2 aromatic rings. The number of rotatable bonds is 3. The SMILES string of the molecule is O=C(O)[C@@H]1CCCN(C(=O)c2cc(-c3ccccc3)no2)C1. The van der Waals surface area contributed by atoms with Crippen LogP contribution in [0.2, 0.25) is 0 Å². The van der Waals surface area contributed by atoms with E-state index in [1.54, 1.807) is 6.07 Å². The van der Waals surface area contributed by atoms with E-state index in [0.717, 1.165) is 5.56 Å². The molecule has 2 heterocycles. The van der Waals surface area contributed by atoms with Gasteiger partial charge in [-0.05, 0) is 12.8 Å². The summed E-state index contributed by atoms with van der Waals surface area (Å²) in [5.74, 6) is -1.53. The number of carboxylic acid groups (broad SMARTS) is 1. The monoisotopic (exact) mass is 300 g/mol. The smallest absolute Gasteiger partial charge is 0.308 e. The van der Waals surface area contributed by atoms with Crippen molar-refractivity contribution in [1.82, 2.24) is 10.1 Å². The van der Waals surface area contributed by atoms with Gasteiger partial charge in [-0.25, -0.2) is 0 Å². The lowest BCUT2D eigenvalue weighted by molar-refractivity contribution is -0.143. The van der Waals surface area contributed by atoms with Crippen LogP contribution in [0, 0.1) is 5.92 Å². The minimum Gasteiger partial charge on any atom is -0.481 e. The molecule has 1 saturated heterocycles. The molecule has 1 atom stereocenters. The minimum absolute atomic E-state index is 0.143. The lowest BCUT2D eigenvalue weighted by Crippen LogP contribution is -2.42. The van der Waals surface area contributed by atoms with Crippen molar-refractivity contribution in [2.45, 2.75) is 12.8 Å². The first-order chi connectivity index (χ1) is 10.6. The number of hydrogen-bond acceptors (Lipinski definition) is 4. The van der Waals surface area contributed by atoms with E-state index in [0.29, 0.717) is 25.1 Å². The predicted molar refractivity (Wildman–Crippen MR) is 78.2 cm³/mol. The maximum absolute atomic E-state index is 12.4. The van der Waals surface area contributed by atoms with Crippen molar-refractivity contribution >= 4 is 11.9 Å². The highest BCUT2D eigenvalue weighted by atomic mass is 16.5. The number of hydrogen-bond donors (Lipinski definition) is 1. The molecule has 1 aliphatic heterocycles.